The van der Waals surface area contributed by atoms with Gasteiger partial charge in [0.2, 0.25) is 0 Å². The fraction of sp³-hybridized carbons (Fsp3) is 0.467. The third-order valence-electron chi connectivity index (χ3n) is 3.07. The molecule has 0 saturated carbocycles. The number of benzene rings is 1. The fourth-order valence-electron chi connectivity index (χ4n) is 1.94. The van der Waals surface area contributed by atoms with Crippen molar-refractivity contribution in [1.82, 2.24) is 4.90 Å². The molecule has 1 atom stereocenters. The van der Waals surface area contributed by atoms with Crippen LogP contribution in [0, 0.1) is 5.92 Å². The van der Waals surface area contributed by atoms with Gasteiger partial charge in [-0.25, -0.2) is 4.79 Å². The molecule has 0 bridgehead atoms. The van der Waals surface area contributed by atoms with Crippen LogP contribution in [0.15, 0.2) is 24.3 Å². The summed E-state index contributed by atoms with van der Waals surface area (Å²) >= 11 is 7.38. The van der Waals surface area contributed by atoms with Crippen molar-refractivity contribution in [3.8, 4) is 0 Å². The highest BCUT2D eigenvalue weighted by Gasteiger charge is 2.36. The van der Waals surface area contributed by atoms with Crippen molar-refractivity contribution in [3.05, 3.63) is 34.9 Å². The van der Waals surface area contributed by atoms with Crippen LogP contribution in [0.5, 0.6) is 0 Å². The van der Waals surface area contributed by atoms with Gasteiger partial charge >= 0.3 is 5.97 Å². The first-order valence-electron chi connectivity index (χ1n) is 6.80. The molecule has 1 aliphatic heterocycles. The number of hydrogen-bond acceptors (Lipinski definition) is 4. The highest BCUT2D eigenvalue weighted by atomic mass is 35.5. The molecular formula is C15H18ClNO3S. The van der Waals surface area contributed by atoms with E-state index in [0.717, 1.165) is 0 Å². The van der Waals surface area contributed by atoms with Crippen LogP contribution in [-0.2, 0) is 9.53 Å². The maximum Gasteiger partial charge on any atom is 0.329 e. The van der Waals surface area contributed by atoms with Gasteiger partial charge in [-0.1, -0.05) is 25.4 Å². The summed E-state index contributed by atoms with van der Waals surface area (Å²) in [6.07, 6.45) is 0. The standard InChI is InChI=1S/C15H18ClNO3S/c1-10(2)7-20-15(19)13-8-21-9-17(13)14(18)11-3-5-12(16)6-4-11/h3-6,10,13H,7-9H2,1-2H3. The molecule has 1 fully saturated rings. The van der Waals surface area contributed by atoms with Crippen LogP contribution in [-0.4, -0.2) is 41.1 Å². The van der Waals surface area contributed by atoms with Crippen molar-refractivity contribution in [2.75, 3.05) is 18.2 Å². The van der Waals surface area contributed by atoms with E-state index >= 15 is 0 Å². The number of nitrogens with zero attached hydrogens (tertiary/aromatic N) is 1. The number of rotatable bonds is 4. The first-order valence-corrected chi connectivity index (χ1v) is 8.33. The van der Waals surface area contributed by atoms with Gasteiger partial charge in [-0.2, -0.15) is 0 Å². The lowest BCUT2D eigenvalue weighted by atomic mass is 10.2. The predicted octanol–water partition coefficient (Wildman–Crippen LogP) is 3.05. The zero-order valence-electron chi connectivity index (χ0n) is 12.0. The van der Waals surface area contributed by atoms with Gasteiger partial charge in [-0.3, -0.25) is 4.79 Å². The van der Waals surface area contributed by atoms with E-state index in [9.17, 15) is 9.59 Å². The molecule has 6 heteroatoms. The summed E-state index contributed by atoms with van der Waals surface area (Å²) in [4.78, 5) is 26.1. The number of carbonyl (C=O) groups is 2. The Morgan fingerprint density at radius 1 is 1.38 bits per heavy atom. The van der Waals surface area contributed by atoms with Gasteiger partial charge in [0.25, 0.3) is 5.91 Å². The van der Waals surface area contributed by atoms with Crippen LogP contribution in [0.2, 0.25) is 5.02 Å². The minimum atomic E-state index is -0.503. The zero-order chi connectivity index (χ0) is 15.4. The normalized spacial score (nSPS) is 18.1. The number of carbonyl (C=O) groups excluding carboxylic acids is 2. The summed E-state index contributed by atoms with van der Waals surface area (Å²) in [6, 6.07) is 6.18. The van der Waals surface area contributed by atoms with E-state index < -0.39 is 6.04 Å². The zero-order valence-corrected chi connectivity index (χ0v) is 13.6. The molecule has 1 heterocycles. The van der Waals surface area contributed by atoms with Gasteiger partial charge in [-0.05, 0) is 30.2 Å². The number of hydrogen-bond donors (Lipinski definition) is 0. The molecule has 2 rings (SSSR count). The van der Waals surface area contributed by atoms with Gasteiger partial charge in [0.15, 0.2) is 0 Å². The third-order valence-corrected chi connectivity index (χ3v) is 4.33. The summed E-state index contributed by atoms with van der Waals surface area (Å²) in [5.74, 6) is 0.877. The Hall–Kier alpha value is -1.20. The molecule has 1 saturated heterocycles. The Kier molecular flexibility index (Phi) is 5.53. The molecule has 1 unspecified atom stereocenters. The van der Waals surface area contributed by atoms with Crippen molar-refractivity contribution < 1.29 is 14.3 Å². The molecule has 114 valence electrons. The molecular weight excluding hydrogens is 310 g/mol. The molecule has 0 spiro atoms. The van der Waals surface area contributed by atoms with Crippen LogP contribution in [0.25, 0.3) is 0 Å². The van der Waals surface area contributed by atoms with Gasteiger partial charge in [0.1, 0.15) is 6.04 Å². The van der Waals surface area contributed by atoms with E-state index in [1.54, 1.807) is 40.9 Å². The quantitative estimate of drug-likeness (QED) is 0.797. The van der Waals surface area contributed by atoms with Gasteiger partial charge in [-0.15, -0.1) is 11.8 Å². The number of thioether (sulfide) groups is 1. The lowest BCUT2D eigenvalue weighted by Gasteiger charge is -2.22. The summed E-state index contributed by atoms with van der Waals surface area (Å²) < 4.78 is 5.26. The van der Waals surface area contributed by atoms with E-state index in [4.69, 9.17) is 16.3 Å². The van der Waals surface area contributed by atoms with Crippen LogP contribution < -0.4 is 0 Å². The third kappa shape index (κ3) is 4.14. The van der Waals surface area contributed by atoms with Crippen molar-refractivity contribution in [2.45, 2.75) is 19.9 Å². The fourth-order valence-corrected chi connectivity index (χ4v) is 3.21. The number of esters is 1. The molecule has 21 heavy (non-hydrogen) atoms. The van der Waals surface area contributed by atoms with Gasteiger partial charge < -0.3 is 9.64 Å². The van der Waals surface area contributed by atoms with E-state index in [2.05, 4.69) is 0 Å². The average Bonchev–Trinajstić information content (AvgIpc) is 2.94. The second kappa shape index (κ2) is 7.18. The van der Waals surface area contributed by atoms with Crippen LogP contribution >= 0.6 is 23.4 Å². The van der Waals surface area contributed by atoms with Crippen molar-refractivity contribution >= 4 is 35.2 Å². The number of ether oxygens (including phenoxy) is 1. The molecule has 1 aromatic carbocycles. The maximum atomic E-state index is 12.5. The molecule has 0 N–H and O–H groups in total. The Bertz CT molecular complexity index is 518. The molecule has 1 aliphatic rings. The summed E-state index contributed by atoms with van der Waals surface area (Å²) in [5, 5.41) is 0.579. The number of halogens is 1. The molecule has 0 aromatic heterocycles. The molecule has 4 nitrogen and oxygen atoms in total. The lowest BCUT2D eigenvalue weighted by Crippen LogP contribution is -2.43. The summed E-state index contributed by atoms with van der Waals surface area (Å²) in [6.45, 7) is 4.34. The monoisotopic (exact) mass is 327 g/mol. The van der Waals surface area contributed by atoms with E-state index in [0.29, 0.717) is 28.8 Å². The Morgan fingerprint density at radius 3 is 2.67 bits per heavy atom. The molecule has 1 amide bonds. The first kappa shape index (κ1) is 16.2. The Labute approximate surface area is 133 Å². The minimum absolute atomic E-state index is 0.164. The molecule has 0 radical (unpaired) electrons. The highest BCUT2D eigenvalue weighted by Crippen LogP contribution is 2.24. The predicted molar refractivity (Wildman–Crippen MR) is 84.5 cm³/mol. The Balaban J connectivity index is 2.05. The van der Waals surface area contributed by atoms with Crippen molar-refractivity contribution in [2.24, 2.45) is 5.92 Å². The average molecular weight is 328 g/mol. The molecule has 0 aliphatic carbocycles. The number of amides is 1. The van der Waals surface area contributed by atoms with E-state index in [-0.39, 0.29) is 17.8 Å². The minimum Gasteiger partial charge on any atom is -0.464 e. The van der Waals surface area contributed by atoms with E-state index in [1.807, 2.05) is 13.8 Å². The maximum absolute atomic E-state index is 12.5. The second-order valence-corrected chi connectivity index (χ2v) is 6.76. The lowest BCUT2D eigenvalue weighted by molar-refractivity contribution is -0.148. The highest BCUT2D eigenvalue weighted by molar-refractivity contribution is 7.99. The smallest absolute Gasteiger partial charge is 0.329 e. The SMILES string of the molecule is CC(C)COC(=O)C1CSCN1C(=O)c1ccc(Cl)cc1. The Morgan fingerprint density at radius 2 is 2.05 bits per heavy atom. The molecule has 1 aromatic rings. The van der Waals surface area contributed by atoms with Gasteiger partial charge in [0, 0.05) is 16.3 Å². The summed E-state index contributed by atoms with van der Waals surface area (Å²) in [7, 11) is 0. The van der Waals surface area contributed by atoms with Crippen LogP contribution in [0.3, 0.4) is 0 Å². The van der Waals surface area contributed by atoms with Gasteiger partial charge in [0.05, 0.1) is 12.5 Å². The van der Waals surface area contributed by atoms with Crippen LogP contribution in [0.4, 0.5) is 0 Å². The van der Waals surface area contributed by atoms with Crippen molar-refractivity contribution in [1.29, 1.82) is 0 Å². The van der Waals surface area contributed by atoms with Crippen molar-refractivity contribution in [3.63, 3.8) is 0 Å². The van der Waals surface area contributed by atoms with E-state index in [1.165, 1.54) is 0 Å². The summed E-state index contributed by atoms with van der Waals surface area (Å²) in [5.41, 5.74) is 0.531. The second-order valence-electron chi connectivity index (χ2n) is 5.32. The largest absolute Gasteiger partial charge is 0.464 e. The first-order chi connectivity index (χ1) is 9.99. The topological polar surface area (TPSA) is 46.6 Å². The van der Waals surface area contributed by atoms with Crippen LogP contribution in [0.1, 0.15) is 24.2 Å².